The highest BCUT2D eigenvalue weighted by atomic mass is 32.2. The first-order valence-corrected chi connectivity index (χ1v) is 9.49. The summed E-state index contributed by atoms with van der Waals surface area (Å²) < 4.78 is 46.0. The third-order valence-corrected chi connectivity index (χ3v) is 5.69. The number of nitrogens with zero attached hydrogens (tertiary/aromatic N) is 2. The number of sulfonamides is 1. The molecule has 0 aliphatic heterocycles. The minimum atomic E-state index is -3.66. The largest absolute Gasteiger partial charge is 0.441 e. The average molecular weight is 378 g/mol. The number of hydrogen-bond acceptors (Lipinski definition) is 5. The van der Waals surface area contributed by atoms with Crippen LogP contribution in [0.4, 0.5) is 4.39 Å². The van der Waals surface area contributed by atoms with E-state index in [2.05, 4.69) is 19.9 Å². The van der Waals surface area contributed by atoms with E-state index in [1.807, 2.05) is 0 Å². The summed E-state index contributed by atoms with van der Waals surface area (Å²) in [5.74, 6) is 0.637. The minimum Gasteiger partial charge on any atom is -0.441 e. The smallest absolute Gasteiger partial charge is 0.244 e. The van der Waals surface area contributed by atoms with Crippen LogP contribution in [0.25, 0.3) is 11.5 Å². The summed E-state index contributed by atoms with van der Waals surface area (Å²) in [6, 6.07) is 5.83. The second-order valence-electron chi connectivity index (χ2n) is 5.94. The molecule has 2 heterocycles. The van der Waals surface area contributed by atoms with E-state index < -0.39 is 10.0 Å². The number of halogens is 1. The zero-order valence-electron chi connectivity index (χ0n) is 14.6. The summed E-state index contributed by atoms with van der Waals surface area (Å²) in [5.41, 5.74) is 2.22. The maximum atomic E-state index is 13.0. The van der Waals surface area contributed by atoms with Crippen molar-refractivity contribution in [1.29, 1.82) is 0 Å². The molecule has 2 N–H and O–H groups in total. The molecular weight excluding hydrogens is 359 g/mol. The number of hydrogen-bond donors (Lipinski definition) is 2. The van der Waals surface area contributed by atoms with E-state index >= 15 is 0 Å². The van der Waals surface area contributed by atoms with Gasteiger partial charge in [-0.25, -0.2) is 22.5 Å². The predicted molar refractivity (Wildman–Crippen MR) is 93.6 cm³/mol. The Labute approximate surface area is 150 Å². The summed E-state index contributed by atoms with van der Waals surface area (Å²) in [4.78, 5) is 4.55. The minimum absolute atomic E-state index is 0.168. The quantitative estimate of drug-likeness (QED) is 0.687. The fraction of sp³-hybridized carbons (Fsp3) is 0.294. The summed E-state index contributed by atoms with van der Waals surface area (Å²) in [7, 11) is -3.66. The van der Waals surface area contributed by atoms with Gasteiger partial charge in [0.1, 0.15) is 16.5 Å². The van der Waals surface area contributed by atoms with Crippen molar-refractivity contribution in [2.24, 2.45) is 0 Å². The highest BCUT2D eigenvalue weighted by Crippen LogP contribution is 2.22. The Balaban J connectivity index is 1.70. The maximum absolute atomic E-state index is 13.0. The molecule has 0 saturated carbocycles. The molecule has 0 bridgehead atoms. The van der Waals surface area contributed by atoms with Crippen molar-refractivity contribution in [2.45, 2.75) is 32.1 Å². The lowest BCUT2D eigenvalue weighted by Crippen LogP contribution is -2.27. The normalized spacial score (nSPS) is 11.8. The van der Waals surface area contributed by atoms with E-state index in [1.54, 1.807) is 32.9 Å². The van der Waals surface area contributed by atoms with Crippen LogP contribution in [0.2, 0.25) is 0 Å². The third-order valence-electron chi connectivity index (χ3n) is 3.97. The lowest BCUT2D eigenvalue weighted by atomic mass is 10.2. The van der Waals surface area contributed by atoms with Gasteiger partial charge in [-0.1, -0.05) is 0 Å². The molecule has 0 spiro atoms. The first-order chi connectivity index (χ1) is 12.3. The Kier molecular flexibility index (Phi) is 4.92. The van der Waals surface area contributed by atoms with Crippen LogP contribution in [0.15, 0.2) is 33.6 Å². The van der Waals surface area contributed by atoms with Crippen molar-refractivity contribution in [3.05, 3.63) is 52.9 Å². The summed E-state index contributed by atoms with van der Waals surface area (Å²) >= 11 is 0. The van der Waals surface area contributed by atoms with Crippen LogP contribution in [-0.2, 0) is 16.4 Å². The predicted octanol–water partition coefficient (Wildman–Crippen LogP) is 2.65. The molecule has 26 heavy (non-hydrogen) atoms. The molecule has 0 fully saturated rings. The summed E-state index contributed by atoms with van der Waals surface area (Å²) in [6.45, 7) is 5.22. The first-order valence-electron chi connectivity index (χ1n) is 8.01. The summed E-state index contributed by atoms with van der Waals surface area (Å²) in [6.07, 6.45) is 0.367. The fourth-order valence-electron chi connectivity index (χ4n) is 2.69. The Morgan fingerprint density at radius 2 is 1.88 bits per heavy atom. The molecule has 9 heteroatoms. The van der Waals surface area contributed by atoms with Gasteiger partial charge in [-0.05, 0) is 45.0 Å². The molecule has 0 atom stereocenters. The number of benzene rings is 1. The zero-order valence-corrected chi connectivity index (χ0v) is 15.4. The van der Waals surface area contributed by atoms with Crippen molar-refractivity contribution in [3.8, 4) is 11.5 Å². The van der Waals surface area contributed by atoms with Crippen LogP contribution >= 0.6 is 0 Å². The molecule has 3 rings (SSSR count). The number of aromatic nitrogens is 3. The van der Waals surface area contributed by atoms with Crippen molar-refractivity contribution in [2.75, 3.05) is 6.54 Å². The Bertz CT molecular complexity index is 1000. The van der Waals surface area contributed by atoms with Gasteiger partial charge >= 0.3 is 0 Å². The number of nitrogens with one attached hydrogen (secondary N) is 2. The molecule has 0 aliphatic rings. The molecule has 2 aromatic heterocycles. The molecule has 0 unspecified atom stereocenters. The lowest BCUT2D eigenvalue weighted by molar-refractivity contribution is 0.538. The van der Waals surface area contributed by atoms with E-state index in [0.717, 1.165) is 0 Å². The molecular formula is C17H19FN4O3S. The molecule has 7 nitrogen and oxygen atoms in total. The SMILES string of the molecule is Cc1n[nH]c(C)c1S(=O)(=O)NCCc1nc(-c2ccc(F)cc2)oc1C. The van der Waals surface area contributed by atoms with Gasteiger partial charge in [0.05, 0.1) is 17.1 Å². The second-order valence-corrected chi connectivity index (χ2v) is 7.64. The van der Waals surface area contributed by atoms with Crippen LogP contribution < -0.4 is 4.72 Å². The zero-order chi connectivity index (χ0) is 18.9. The summed E-state index contributed by atoms with van der Waals surface area (Å²) in [5, 5.41) is 6.57. The van der Waals surface area contributed by atoms with Gasteiger partial charge in [0.25, 0.3) is 0 Å². The van der Waals surface area contributed by atoms with Gasteiger partial charge in [-0.15, -0.1) is 0 Å². The van der Waals surface area contributed by atoms with Crippen LogP contribution in [-0.4, -0.2) is 30.1 Å². The van der Waals surface area contributed by atoms with E-state index in [1.165, 1.54) is 12.1 Å². The molecule has 138 valence electrons. The Morgan fingerprint density at radius 3 is 2.50 bits per heavy atom. The van der Waals surface area contributed by atoms with Gasteiger partial charge in [0, 0.05) is 18.5 Å². The Hall–Kier alpha value is -2.52. The van der Waals surface area contributed by atoms with Gasteiger partial charge in [0.2, 0.25) is 15.9 Å². The number of aryl methyl sites for hydroxylation is 3. The maximum Gasteiger partial charge on any atom is 0.244 e. The molecule has 0 amide bonds. The number of H-pyrrole nitrogens is 1. The van der Waals surface area contributed by atoms with E-state index in [4.69, 9.17) is 4.42 Å². The van der Waals surface area contributed by atoms with Gasteiger partial charge < -0.3 is 4.42 Å². The highest BCUT2D eigenvalue weighted by Gasteiger charge is 2.22. The van der Waals surface area contributed by atoms with Gasteiger partial charge in [0.15, 0.2) is 0 Å². The van der Waals surface area contributed by atoms with E-state index in [0.29, 0.717) is 40.7 Å². The van der Waals surface area contributed by atoms with Gasteiger partial charge in [-0.2, -0.15) is 5.10 Å². The molecule has 0 aliphatic carbocycles. The van der Waals surface area contributed by atoms with Crippen molar-refractivity contribution in [3.63, 3.8) is 0 Å². The van der Waals surface area contributed by atoms with Gasteiger partial charge in [-0.3, -0.25) is 5.10 Å². The monoisotopic (exact) mass is 378 g/mol. The standard InChI is InChI=1S/C17H19FN4O3S/c1-10-16(11(2)22-21-10)26(23,24)19-9-8-15-12(3)25-17(20-15)13-4-6-14(18)7-5-13/h4-7,19H,8-9H2,1-3H3,(H,21,22). The first kappa shape index (κ1) is 18.3. The van der Waals surface area contributed by atoms with E-state index in [9.17, 15) is 12.8 Å². The molecule has 0 saturated heterocycles. The van der Waals surface area contributed by atoms with E-state index in [-0.39, 0.29) is 17.3 Å². The topological polar surface area (TPSA) is 101 Å². The second kappa shape index (κ2) is 7.00. The van der Waals surface area contributed by atoms with Crippen molar-refractivity contribution >= 4 is 10.0 Å². The van der Waals surface area contributed by atoms with Crippen LogP contribution in [0.3, 0.4) is 0 Å². The van der Waals surface area contributed by atoms with Crippen LogP contribution in [0.5, 0.6) is 0 Å². The molecule has 0 radical (unpaired) electrons. The number of oxazole rings is 1. The molecule has 1 aromatic carbocycles. The number of rotatable bonds is 6. The third kappa shape index (κ3) is 3.68. The Morgan fingerprint density at radius 1 is 1.19 bits per heavy atom. The van der Waals surface area contributed by atoms with Crippen molar-refractivity contribution < 1.29 is 17.2 Å². The average Bonchev–Trinajstić information content (AvgIpc) is 3.11. The van der Waals surface area contributed by atoms with Crippen molar-refractivity contribution in [1.82, 2.24) is 19.9 Å². The van der Waals surface area contributed by atoms with Crippen LogP contribution in [0, 0.1) is 26.6 Å². The molecule has 3 aromatic rings. The fourth-order valence-corrected chi connectivity index (χ4v) is 4.09. The lowest BCUT2D eigenvalue weighted by Gasteiger charge is -2.06. The highest BCUT2D eigenvalue weighted by molar-refractivity contribution is 7.89. The van der Waals surface area contributed by atoms with Crippen LogP contribution in [0.1, 0.15) is 22.8 Å². The number of aromatic amines is 1.